The van der Waals surface area contributed by atoms with Crippen molar-refractivity contribution in [1.29, 1.82) is 0 Å². The summed E-state index contributed by atoms with van der Waals surface area (Å²) in [6.45, 7) is 5.14. The van der Waals surface area contributed by atoms with E-state index in [4.69, 9.17) is 12.2 Å². The number of halogens is 1. The number of nitrogens with one attached hydrogen (secondary N) is 1. The summed E-state index contributed by atoms with van der Waals surface area (Å²) in [5.41, 5.74) is 11.3. The summed E-state index contributed by atoms with van der Waals surface area (Å²) in [6.07, 6.45) is 5.39. The molecule has 0 aliphatic carbocycles. The summed E-state index contributed by atoms with van der Waals surface area (Å²) < 4.78 is 18.6. The van der Waals surface area contributed by atoms with Gasteiger partial charge in [0.1, 0.15) is 16.5 Å². The summed E-state index contributed by atoms with van der Waals surface area (Å²) in [5, 5.41) is 3.48. The van der Waals surface area contributed by atoms with E-state index in [1.807, 2.05) is 12.1 Å². The van der Waals surface area contributed by atoms with E-state index in [-0.39, 0.29) is 5.82 Å². The van der Waals surface area contributed by atoms with E-state index in [0.717, 1.165) is 48.3 Å². The molecule has 1 N–H and O–H groups in total. The van der Waals surface area contributed by atoms with Crippen LogP contribution in [0.4, 0.5) is 10.1 Å². The Kier molecular flexibility index (Phi) is 5.73. The summed E-state index contributed by atoms with van der Waals surface area (Å²) >= 11 is 6.06. The minimum atomic E-state index is -0.235. The molecule has 5 heteroatoms. The van der Waals surface area contributed by atoms with Gasteiger partial charge < -0.3 is 9.88 Å². The summed E-state index contributed by atoms with van der Waals surface area (Å²) in [4.78, 5) is 0.660. The molecule has 0 unspecified atom stereocenters. The number of hydrogen-bond donors (Lipinski definition) is 1. The van der Waals surface area contributed by atoms with E-state index < -0.39 is 0 Å². The lowest BCUT2D eigenvalue weighted by Crippen LogP contribution is -2.14. The Morgan fingerprint density at radius 3 is 2.17 bits per heavy atom. The molecule has 0 spiro atoms. The maximum atomic E-state index is 13.9. The van der Waals surface area contributed by atoms with Crippen molar-refractivity contribution in [2.24, 2.45) is 0 Å². The van der Waals surface area contributed by atoms with Crippen LogP contribution in [0.15, 0.2) is 79.0 Å². The highest BCUT2D eigenvalue weighted by Gasteiger charge is 2.28. The fourth-order valence-corrected chi connectivity index (χ4v) is 5.64. The van der Waals surface area contributed by atoms with Gasteiger partial charge in [0.05, 0.1) is 11.4 Å². The Balaban J connectivity index is 1.60. The molecule has 5 aromatic rings. The molecule has 3 heterocycles. The molecule has 0 radical (unpaired) electrons. The summed E-state index contributed by atoms with van der Waals surface area (Å²) in [5.74, 6) is -0.235. The van der Waals surface area contributed by atoms with Crippen LogP contribution < -0.4 is 5.32 Å². The zero-order valence-electron chi connectivity index (χ0n) is 20.5. The molecule has 0 bridgehead atoms. The Morgan fingerprint density at radius 1 is 0.833 bits per heavy atom. The number of anilines is 1. The van der Waals surface area contributed by atoms with Crippen LogP contribution in [-0.2, 0) is 13.0 Å². The maximum absolute atomic E-state index is 13.9. The highest BCUT2D eigenvalue weighted by Crippen LogP contribution is 2.40. The largest absolute Gasteiger partial charge is 0.345 e. The van der Waals surface area contributed by atoms with Gasteiger partial charge in [-0.1, -0.05) is 71.9 Å². The second kappa shape index (κ2) is 9.07. The lowest BCUT2D eigenvalue weighted by molar-refractivity contribution is 0.628. The topological polar surface area (TPSA) is 21.4 Å². The van der Waals surface area contributed by atoms with Crippen molar-refractivity contribution >= 4 is 28.5 Å². The maximum Gasteiger partial charge on any atom is 0.128 e. The third-order valence-electron chi connectivity index (χ3n) is 7.14. The van der Waals surface area contributed by atoms with Crippen LogP contribution in [0.25, 0.3) is 28.0 Å². The Morgan fingerprint density at radius 2 is 1.47 bits per heavy atom. The highest BCUT2D eigenvalue weighted by molar-refractivity contribution is 7.81. The Bertz CT molecular complexity index is 1570. The quantitative estimate of drug-likeness (QED) is 0.257. The predicted octanol–water partition coefficient (Wildman–Crippen LogP) is 7.95. The third kappa shape index (κ3) is 3.94. The van der Waals surface area contributed by atoms with Gasteiger partial charge in [0, 0.05) is 29.6 Å². The zero-order valence-corrected chi connectivity index (χ0v) is 21.3. The number of aromatic nitrogens is 2. The van der Waals surface area contributed by atoms with Crippen molar-refractivity contribution < 1.29 is 4.39 Å². The molecule has 0 saturated carbocycles. The van der Waals surface area contributed by atoms with Crippen molar-refractivity contribution in [3.63, 3.8) is 0 Å². The minimum absolute atomic E-state index is 0.235. The van der Waals surface area contributed by atoms with E-state index in [1.165, 1.54) is 45.7 Å². The number of benzene rings is 3. The number of aryl methyl sites for hydroxylation is 4. The third-order valence-corrected chi connectivity index (χ3v) is 7.43. The van der Waals surface area contributed by atoms with Crippen LogP contribution in [0.2, 0.25) is 0 Å². The van der Waals surface area contributed by atoms with Gasteiger partial charge in [-0.15, -0.1) is 0 Å². The first-order valence-corrected chi connectivity index (χ1v) is 12.9. The van der Waals surface area contributed by atoms with Gasteiger partial charge in [-0.3, -0.25) is 4.40 Å². The zero-order chi connectivity index (χ0) is 24.8. The molecule has 1 aliphatic rings. The van der Waals surface area contributed by atoms with Gasteiger partial charge >= 0.3 is 0 Å². The van der Waals surface area contributed by atoms with Gasteiger partial charge in [0.2, 0.25) is 0 Å². The predicted molar refractivity (Wildman–Crippen MR) is 150 cm³/mol. The number of thiocarbonyl (C=S) groups is 1. The number of rotatable bonds is 4. The second-order valence-electron chi connectivity index (χ2n) is 9.71. The molecule has 6 rings (SSSR count). The van der Waals surface area contributed by atoms with E-state index in [1.54, 1.807) is 0 Å². The average molecular weight is 494 g/mol. The first-order chi connectivity index (χ1) is 17.5. The van der Waals surface area contributed by atoms with Crippen molar-refractivity contribution in [3.8, 4) is 22.4 Å². The van der Waals surface area contributed by atoms with E-state index >= 15 is 0 Å². The number of nitrogens with zero attached hydrogens (tertiary/aromatic N) is 2. The fraction of sp³-hybridized carbons (Fsp3) is 0.194. The monoisotopic (exact) mass is 493 g/mol. The minimum Gasteiger partial charge on any atom is -0.345 e. The van der Waals surface area contributed by atoms with E-state index in [0.29, 0.717) is 4.99 Å². The number of imidazole rings is 1. The van der Waals surface area contributed by atoms with Crippen molar-refractivity contribution in [1.82, 2.24) is 8.97 Å². The lowest BCUT2D eigenvalue weighted by atomic mass is 9.98. The highest BCUT2D eigenvalue weighted by atomic mass is 32.1. The summed E-state index contributed by atoms with van der Waals surface area (Å²) in [7, 11) is 0. The SMILES string of the molecule is Cc1ccc(NC(=S)c2c(-c3ccc(F)cc3)c3c4n(c(-c5ccc(C)cc5)cn24)CCCC3)cc1. The second-order valence-corrected chi connectivity index (χ2v) is 10.1. The van der Waals surface area contributed by atoms with E-state index in [2.05, 4.69) is 82.9 Å². The molecule has 1 aliphatic heterocycles. The van der Waals surface area contributed by atoms with Gasteiger partial charge in [-0.25, -0.2) is 4.39 Å². The molecule has 3 aromatic carbocycles. The fourth-order valence-electron chi connectivity index (χ4n) is 5.32. The molecule has 180 valence electrons. The molecule has 36 heavy (non-hydrogen) atoms. The van der Waals surface area contributed by atoms with Crippen molar-refractivity contribution in [3.05, 3.63) is 107 Å². The first-order valence-electron chi connectivity index (χ1n) is 12.5. The first kappa shape index (κ1) is 22.7. The smallest absolute Gasteiger partial charge is 0.128 e. The summed E-state index contributed by atoms with van der Waals surface area (Å²) in [6, 6.07) is 23.8. The van der Waals surface area contributed by atoms with Crippen molar-refractivity contribution in [2.75, 3.05) is 5.32 Å². The normalized spacial score (nSPS) is 13.1. The lowest BCUT2D eigenvalue weighted by Gasteiger charge is -2.12. The van der Waals surface area contributed by atoms with Crippen LogP contribution in [0, 0.1) is 19.7 Å². The molecular weight excluding hydrogens is 465 g/mol. The van der Waals surface area contributed by atoms with Gasteiger partial charge in [-0.05, 0) is 68.5 Å². The van der Waals surface area contributed by atoms with E-state index in [9.17, 15) is 4.39 Å². The molecule has 0 saturated heterocycles. The average Bonchev–Trinajstić information content (AvgIpc) is 3.29. The van der Waals surface area contributed by atoms with Crippen LogP contribution >= 0.6 is 12.2 Å². The van der Waals surface area contributed by atoms with Crippen LogP contribution in [0.5, 0.6) is 0 Å². The van der Waals surface area contributed by atoms with Gasteiger partial charge in [0.15, 0.2) is 0 Å². The standard InChI is InChI=1S/C31H28FN3S/c1-20-6-10-22(11-7-20)27-19-35-29(30(36)33-25-16-8-21(2)9-17-25)28(23-12-14-24(32)15-13-23)26-5-3-4-18-34(27)31(26)35/h6-17,19H,3-5,18H2,1-2H3,(H,33,36). The molecule has 0 fully saturated rings. The molecule has 0 amide bonds. The molecule has 3 nitrogen and oxygen atoms in total. The molecular formula is C31H28FN3S. The van der Waals surface area contributed by atoms with Crippen LogP contribution in [0.3, 0.4) is 0 Å². The number of hydrogen-bond acceptors (Lipinski definition) is 1. The molecule has 2 aromatic heterocycles. The Labute approximate surface area is 216 Å². The Hall–Kier alpha value is -3.70. The van der Waals surface area contributed by atoms with Crippen LogP contribution in [0.1, 0.15) is 35.2 Å². The van der Waals surface area contributed by atoms with Crippen molar-refractivity contribution in [2.45, 2.75) is 39.7 Å². The van der Waals surface area contributed by atoms with Gasteiger partial charge in [-0.2, -0.15) is 0 Å². The van der Waals surface area contributed by atoms with Crippen LogP contribution in [-0.4, -0.2) is 14.0 Å². The molecule has 0 atom stereocenters. The van der Waals surface area contributed by atoms with Gasteiger partial charge in [0.25, 0.3) is 0 Å².